The lowest BCUT2D eigenvalue weighted by Gasteiger charge is -2.05. The van der Waals surface area contributed by atoms with Crippen molar-refractivity contribution in [3.8, 4) is 17.0 Å². The van der Waals surface area contributed by atoms with Gasteiger partial charge in [0.05, 0.1) is 5.69 Å². The fourth-order valence-electron chi connectivity index (χ4n) is 2.12. The third kappa shape index (κ3) is 2.34. The van der Waals surface area contributed by atoms with Crippen LogP contribution in [0, 0.1) is 6.92 Å². The van der Waals surface area contributed by atoms with Crippen LogP contribution in [-0.2, 0) is 0 Å². The lowest BCUT2D eigenvalue weighted by atomic mass is 10.1. The molecule has 0 saturated carbocycles. The lowest BCUT2D eigenvalue weighted by Crippen LogP contribution is -2.01. The molecule has 0 atom stereocenters. The quantitative estimate of drug-likeness (QED) is 0.724. The summed E-state index contributed by atoms with van der Waals surface area (Å²) in [5.41, 5.74) is 3.34. The van der Waals surface area contributed by atoms with E-state index in [0.717, 1.165) is 22.6 Å². The van der Waals surface area contributed by atoms with Crippen molar-refractivity contribution in [2.45, 2.75) is 13.5 Å². The molecule has 0 saturated heterocycles. The molecule has 2 aromatic heterocycles. The van der Waals surface area contributed by atoms with E-state index in [0.29, 0.717) is 0 Å². The van der Waals surface area contributed by atoms with E-state index in [-0.39, 0.29) is 5.75 Å². The summed E-state index contributed by atoms with van der Waals surface area (Å²) >= 11 is 0. The maximum atomic E-state index is 12.2. The van der Waals surface area contributed by atoms with Crippen LogP contribution in [0.5, 0.6) is 5.75 Å². The molecule has 20 heavy (non-hydrogen) atoms. The molecule has 0 N–H and O–H groups in total. The largest absolute Gasteiger partial charge is 0.435 e. The van der Waals surface area contributed by atoms with Crippen molar-refractivity contribution >= 4 is 5.65 Å². The number of benzene rings is 1. The number of aromatic nitrogens is 2. The van der Waals surface area contributed by atoms with Crippen molar-refractivity contribution in [1.29, 1.82) is 0 Å². The molecule has 3 nitrogen and oxygen atoms in total. The third-order valence-corrected chi connectivity index (χ3v) is 3.05. The molecule has 0 aliphatic carbocycles. The van der Waals surface area contributed by atoms with Gasteiger partial charge in [-0.05, 0) is 31.2 Å². The Balaban J connectivity index is 2.04. The summed E-state index contributed by atoms with van der Waals surface area (Å²) in [6.07, 6.45) is 1.88. The first-order valence-corrected chi connectivity index (χ1v) is 6.13. The minimum atomic E-state index is -2.83. The number of halogens is 2. The number of nitrogens with zero attached hydrogens (tertiary/aromatic N) is 2. The second-order valence-corrected chi connectivity index (χ2v) is 4.43. The highest BCUT2D eigenvalue weighted by molar-refractivity contribution is 5.64. The second-order valence-electron chi connectivity index (χ2n) is 4.43. The second kappa shape index (κ2) is 4.92. The van der Waals surface area contributed by atoms with Gasteiger partial charge in [-0.2, -0.15) is 8.78 Å². The highest BCUT2D eigenvalue weighted by atomic mass is 19.3. The molecule has 3 rings (SSSR count). The number of aryl methyl sites for hydroxylation is 1. The number of ether oxygens (including phenoxy) is 1. The number of imidazole rings is 1. The van der Waals surface area contributed by atoms with Crippen LogP contribution in [-0.4, -0.2) is 16.0 Å². The van der Waals surface area contributed by atoms with Gasteiger partial charge in [0.2, 0.25) is 0 Å². The SMILES string of the molecule is Cc1cccc2nc(-c3cccc(OC(F)F)c3)cn12. The monoisotopic (exact) mass is 274 g/mol. The lowest BCUT2D eigenvalue weighted by molar-refractivity contribution is -0.0498. The number of pyridine rings is 1. The molecule has 0 amide bonds. The molecular weight excluding hydrogens is 262 g/mol. The topological polar surface area (TPSA) is 26.5 Å². The summed E-state index contributed by atoms with van der Waals surface area (Å²) in [6.45, 7) is -0.844. The highest BCUT2D eigenvalue weighted by Crippen LogP contribution is 2.25. The van der Waals surface area contributed by atoms with E-state index >= 15 is 0 Å². The zero-order chi connectivity index (χ0) is 14.1. The third-order valence-electron chi connectivity index (χ3n) is 3.05. The zero-order valence-electron chi connectivity index (χ0n) is 10.8. The van der Waals surface area contributed by atoms with E-state index in [1.807, 2.05) is 41.8 Å². The number of hydrogen-bond acceptors (Lipinski definition) is 2. The van der Waals surface area contributed by atoms with E-state index in [1.54, 1.807) is 12.1 Å². The van der Waals surface area contributed by atoms with Crippen LogP contribution in [0.3, 0.4) is 0 Å². The van der Waals surface area contributed by atoms with Gasteiger partial charge in [0, 0.05) is 17.5 Å². The standard InChI is InChI=1S/C15H12F2N2O/c1-10-4-2-7-14-18-13(9-19(10)14)11-5-3-6-12(8-11)20-15(16)17/h2-9,15H,1H3. The van der Waals surface area contributed by atoms with E-state index in [9.17, 15) is 8.78 Å². The molecule has 0 fully saturated rings. The summed E-state index contributed by atoms with van der Waals surface area (Å²) in [5, 5.41) is 0. The van der Waals surface area contributed by atoms with Crippen molar-refractivity contribution in [3.63, 3.8) is 0 Å². The van der Waals surface area contributed by atoms with Gasteiger partial charge >= 0.3 is 6.61 Å². The van der Waals surface area contributed by atoms with Crippen molar-refractivity contribution in [2.75, 3.05) is 0 Å². The zero-order valence-corrected chi connectivity index (χ0v) is 10.8. The fraction of sp³-hybridized carbons (Fsp3) is 0.133. The Morgan fingerprint density at radius 1 is 1.15 bits per heavy atom. The molecule has 2 heterocycles. The summed E-state index contributed by atoms with van der Waals surface area (Å²) in [6, 6.07) is 12.3. The Morgan fingerprint density at radius 3 is 2.70 bits per heavy atom. The summed E-state index contributed by atoms with van der Waals surface area (Å²) in [4.78, 5) is 4.48. The Morgan fingerprint density at radius 2 is 1.95 bits per heavy atom. The first-order valence-electron chi connectivity index (χ1n) is 6.13. The van der Waals surface area contributed by atoms with Crippen LogP contribution < -0.4 is 4.74 Å². The van der Waals surface area contributed by atoms with Gasteiger partial charge < -0.3 is 9.14 Å². The smallest absolute Gasteiger partial charge is 0.387 e. The molecule has 0 spiro atoms. The normalized spacial score (nSPS) is 11.2. The Hall–Kier alpha value is -2.43. The Bertz CT molecular complexity index is 752. The van der Waals surface area contributed by atoms with Crippen LogP contribution in [0.4, 0.5) is 8.78 Å². The molecule has 3 aromatic rings. The van der Waals surface area contributed by atoms with Gasteiger partial charge in [-0.1, -0.05) is 18.2 Å². The van der Waals surface area contributed by atoms with E-state index < -0.39 is 6.61 Å². The summed E-state index contributed by atoms with van der Waals surface area (Å²) in [7, 11) is 0. The van der Waals surface area contributed by atoms with E-state index in [2.05, 4.69) is 9.72 Å². The molecule has 0 aliphatic heterocycles. The van der Waals surface area contributed by atoms with Crippen LogP contribution in [0.25, 0.3) is 16.9 Å². The predicted molar refractivity (Wildman–Crippen MR) is 72.0 cm³/mol. The molecule has 0 radical (unpaired) electrons. The molecule has 5 heteroatoms. The maximum Gasteiger partial charge on any atom is 0.387 e. The van der Waals surface area contributed by atoms with Gasteiger partial charge in [-0.15, -0.1) is 0 Å². The van der Waals surface area contributed by atoms with E-state index in [1.165, 1.54) is 6.07 Å². The van der Waals surface area contributed by atoms with Gasteiger partial charge in [0.25, 0.3) is 0 Å². The van der Waals surface area contributed by atoms with Gasteiger partial charge in [-0.25, -0.2) is 4.98 Å². The molecule has 0 aliphatic rings. The predicted octanol–water partition coefficient (Wildman–Crippen LogP) is 3.91. The van der Waals surface area contributed by atoms with Crippen LogP contribution in [0.2, 0.25) is 0 Å². The molecule has 102 valence electrons. The van der Waals surface area contributed by atoms with Crippen LogP contribution in [0.15, 0.2) is 48.7 Å². The number of rotatable bonds is 3. The Kier molecular flexibility index (Phi) is 3.10. The van der Waals surface area contributed by atoms with E-state index in [4.69, 9.17) is 0 Å². The number of alkyl halides is 2. The molecule has 1 aromatic carbocycles. The maximum absolute atomic E-state index is 12.2. The first-order chi connectivity index (χ1) is 9.63. The number of fused-ring (bicyclic) bond motifs is 1. The van der Waals surface area contributed by atoms with Crippen molar-refractivity contribution in [2.24, 2.45) is 0 Å². The van der Waals surface area contributed by atoms with Gasteiger partial charge in [-0.3, -0.25) is 0 Å². The highest BCUT2D eigenvalue weighted by Gasteiger charge is 2.08. The molecule has 0 unspecified atom stereocenters. The average molecular weight is 274 g/mol. The first kappa shape index (κ1) is 12.6. The van der Waals surface area contributed by atoms with Crippen molar-refractivity contribution < 1.29 is 13.5 Å². The fourth-order valence-corrected chi connectivity index (χ4v) is 2.12. The minimum absolute atomic E-state index is 0.131. The average Bonchev–Trinajstić information content (AvgIpc) is 2.84. The van der Waals surface area contributed by atoms with Crippen LogP contribution in [0.1, 0.15) is 5.69 Å². The molecular formula is C15H12F2N2O. The number of hydrogen-bond donors (Lipinski definition) is 0. The van der Waals surface area contributed by atoms with Gasteiger partial charge in [0.15, 0.2) is 0 Å². The van der Waals surface area contributed by atoms with Gasteiger partial charge in [0.1, 0.15) is 11.4 Å². The summed E-state index contributed by atoms with van der Waals surface area (Å²) in [5.74, 6) is 0.131. The van der Waals surface area contributed by atoms with Crippen molar-refractivity contribution in [1.82, 2.24) is 9.38 Å². The van der Waals surface area contributed by atoms with Crippen LogP contribution >= 0.6 is 0 Å². The summed E-state index contributed by atoms with van der Waals surface area (Å²) < 4.78 is 30.8. The molecule has 0 bridgehead atoms. The minimum Gasteiger partial charge on any atom is -0.435 e. The Labute approximate surface area is 114 Å². The van der Waals surface area contributed by atoms with Crippen molar-refractivity contribution in [3.05, 3.63) is 54.4 Å².